The maximum atomic E-state index is 13.2. The average molecular weight is 316 g/mol. The van der Waals surface area contributed by atoms with E-state index in [-0.39, 0.29) is 11.4 Å². The van der Waals surface area contributed by atoms with Gasteiger partial charge in [0.2, 0.25) is 0 Å². The van der Waals surface area contributed by atoms with Crippen LogP contribution in [0.4, 0.5) is 4.39 Å². The highest BCUT2D eigenvalue weighted by Gasteiger charge is 2.27. The minimum Gasteiger partial charge on any atom is -0.347 e. The van der Waals surface area contributed by atoms with E-state index in [1.54, 1.807) is 6.07 Å². The fraction of sp³-hybridized carbons (Fsp3) is 0.500. The Kier molecular flexibility index (Phi) is 5.32. The van der Waals surface area contributed by atoms with Gasteiger partial charge in [0.05, 0.1) is 5.56 Å². The van der Waals surface area contributed by atoms with E-state index in [0.29, 0.717) is 10.0 Å². The molecule has 18 heavy (non-hydrogen) atoms. The SMILES string of the molecule is CCC(CC)(CC)NC(=O)c1cc(F)ccc1Br. The van der Waals surface area contributed by atoms with Gasteiger partial charge in [-0.2, -0.15) is 0 Å². The molecule has 0 radical (unpaired) electrons. The van der Waals surface area contributed by atoms with E-state index < -0.39 is 5.82 Å². The molecule has 2 nitrogen and oxygen atoms in total. The lowest BCUT2D eigenvalue weighted by atomic mass is 9.89. The van der Waals surface area contributed by atoms with Gasteiger partial charge < -0.3 is 5.32 Å². The molecule has 0 aromatic heterocycles. The predicted molar refractivity (Wildman–Crippen MR) is 75.2 cm³/mol. The van der Waals surface area contributed by atoms with Crippen LogP contribution in [0.3, 0.4) is 0 Å². The van der Waals surface area contributed by atoms with E-state index in [0.717, 1.165) is 19.3 Å². The summed E-state index contributed by atoms with van der Waals surface area (Å²) in [7, 11) is 0. The summed E-state index contributed by atoms with van der Waals surface area (Å²) < 4.78 is 13.8. The highest BCUT2D eigenvalue weighted by atomic mass is 79.9. The first-order valence-corrected chi connectivity index (χ1v) is 7.05. The van der Waals surface area contributed by atoms with E-state index >= 15 is 0 Å². The molecule has 0 fully saturated rings. The molecule has 1 N–H and O–H groups in total. The number of benzene rings is 1. The molecule has 0 aliphatic rings. The Morgan fingerprint density at radius 1 is 1.28 bits per heavy atom. The van der Waals surface area contributed by atoms with Crippen LogP contribution in [0.5, 0.6) is 0 Å². The molecule has 100 valence electrons. The molecule has 1 amide bonds. The minimum atomic E-state index is -0.404. The monoisotopic (exact) mass is 315 g/mol. The van der Waals surface area contributed by atoms with Crippen LogP contribution in [0.25, 0.3) is 0 Å². The number of carbonyl (C=O) groups is 1. The van der Waals surface area contributed by atoms with Gasteiger partial charge in [-0.1, -0.05) is 20.8 Å². The summed E-state index contributed by atoms with van der Waals surface area (Å²) in [6.45, 7) is 6.15. The van der Waals surface area contributed by atoms with Crippen molar-refractivity contribution in [2.24, 2.45) is 0 Å². The zero-order chi connectivity index (χ0) is 13.8. The third kappa shape index (κ3) is 3.31. The van der Waals surface area contributed by atoms with Gasteiger partial charge in [-0.05, 0) is 53.4 Å². The largest absolute Gasteiger partial charge is 0.347 e. The van der Waals surface area contributed by atoms with E-state index in [2.05, 4.69) is 21.2 Å². The van der Waals surface area contributed by atoms with E-state index in [1.165, 1.54) is 12.1 Å². The highest BCUT2D eigenvalue weighted by molar-refractivity contribution is 9.10. The lowest BCUT2D eigenvalue weighted by molar-refractivity contribution is 0.0887. The lowest BCUT2D eigenvalue weighted by Crippen LogP contribution is -2.47. The van der Waals surface area contributed by atoms with Crippen molar-refractivity contribution in [3.05, 3.63) is 34.1 Å². The van der Waals surface area contributed by atoms with Gasteiger partial charge in [0.15, 0.2) is 0 Å². The van der Waals surface area contributed by atoms with Crippen LogP contribution in [0.15, 0.2) is 22.7 Å². The molecule has 4 heteroatoms. The Balaban J connectivity index is 2.97. The second-order valence-corrected chi connectivity index (χ2v) is 5.27. The van der Waals surface area contributed by atoms with Crippen molar-refractivity contribution in [2.75, 3.05) is 0 Å². The van der Waals surface area contributed by atoms with Gasteiger partial charge >= 0.3 is 0 Å². The minimum absolute atomic E-state index is 0.206. The second kappa shape index (κ2) is 6.32. The van der Waals surface area contributed by atoms with Crippen LogP contribution in [-0.4, -0.2) is 11.4 Å². The van der Waals surface area contributed by atoms with Crippen molar-refractivity contribution in [3.8, 4) is 0 Å². The predicted octanol–water partition coefficient (Wildman–Crippen LogP) is 4.29. The van der Waals surface area contributed by atoms with Crippen molar-refractivity contribution >= 4 is 21.8 Å². The summed E-state index contributed by atoms with van der Waals surface area (Å²) in [6.07, 6.45) is 2.58. The number of hydrogen-bond donors (Lipinski definition) is 1. The smallest absolute Gasteiger partial charge is 0.252 e. The summed E-state index contributed by atoms with van der Waals surface area (Å²) >= 11 is 3.28. The Labute approximate surface area is 116 Å². The lowest BCUT2D eigenvalue weighted by Gasteiger charge is -2.32. The number of halogens is 2. The molecule has 0 spiro atoms. The van der Waals surface area contributed by atoms with Gasteiger partial charge in [-0.15, -0.1) is 0 Å². The molecule has 0 heterocycles. The van der Waals surface area contributed by atoms with Crippen LogP contribution in [0, 0.1) is 5.82 Å². The van der Waals surface area contributed by atoms with E-state index in [1.807, 2.05) is 20.8 Å². The summed E-state index contributed by atoms with van der Waals surface area (Å²) in [4.78, 5) is 12.2. The Morgan fingerprint density at radius 2 is 1.83 bits per heavy atom. The first-order valence-electron chi connectivity index (χ1n) is 6.25. The van der Waals surface area contributed by atoms with Crippen LogP contribution in [0.1, 0.15) is 50.4 Å². The summed E-state index contributed by atoms with van der Waals surface area (Å²) in [5.41, 5.74) is 0.137. The molecule has 0 aliphatic carbocycles. The molecule has 1 rings (SSSR count). The van der Waals surface area contributed by atoms with E-state index in [4.69, 9.17) is 0 Å². The molecular formula is C14H19BrFNO. The molecule has 1 aromatic carbocycles. The standard InChI is InChI=1S/C14H19BrFNO/c1-4-14(5-2,6-3)17-13(18)11-9-10(16)7-8-12(11)15/h7-9H,4-6H2,1-3H3,(H,17,18). The summed E-state index contributed by atoms with van der Waals surface area (Å²) in [5, 5.41) is 3.03. The van der Waals surface area contributed by atoms with Crippen molar-refractivity contribution in [2.45, 2.75) is 45.6 Å². The average Bonchev–Trinajstić information content (AvgIpc) is 2.38. The summed E-state index contributed by atoms with van der Waals surface area (Å²) in [5.74, 6) is -0.634. The fourth-order valence-corrected chi connectivity index (χ4v) is 2.42. The zero-order valence-electron chi connectivity index (χ0n) is 11.0. The Hall–Kier alpha value is -0.900. The highest BCUT2D eigenvalue weighted by Crippen LogP contribution is 2.23. The number of rotatable bonds is 5. The Morgan fingerprint density at radius 3 is 2.33 bits per heavy atom. The molecule has 0 atom stereocenters. The number of nitrogens with one attached hydrogen (secondary N) is 1. The summed E-state index contributed by atoms with van der Waals surface area (Å²) in [6, 6.07) is 4.13. The maximum absolute atomic E-state index is 13.2. The van der Waals surface area contributed by atoms with Crippen molar-refractivity contribution < 1.29 is 9.18 Å². The first kappa shape index (κ1) is 15.2. The van der Waals surface area contributed by atoms with Crippen LogP contribution >= 0.6 is 15.9 Å². The van der Waals surface area contributed by atoms with Crippen molar-refractivity contribution in [1.29, 1.82) is 0 Å². The molecule has 0 saturated heterocycles. The third-order valence-electron chi connectivity index (χ3n) is 3.58. The van der Waals surface area contributed by atoms with Crippen LogP contribution in [0.2, 0.25) is 0 Å². The van der Waals surface area contributed by atoms with Crippen molar-refractivity contribution in [1.82, 2.24) is 5.32 Å². The van der Waals surface area contributed by atoms with Gasteiger partial charge in [0.25, 0.3) is 5.91 Å². The molecular weight excluding hydrogens is 297 g/mol. The van der Waals surface area contributed by atoms with Gasteiger partial charge in [0.1, 0.15) is 5.82 Å². The fourth-order valence-electron chi connectivity index (χ4n) is 1.99. The first-order chi connectivity index (χ1) is 8.48. The molecule has 0 bridgehead atoms. The number of amides is 1. The molecule has 0 saturated carbocycles. The third-order valence-corrected chi connectivity index (χ3v) is 4.27. The molecule has 0 aliphatic heterocycles. The Bertz CT molecular complexity index is 422. The number of carbonyl (C=O) groups excluding carboxylic acids is 1. The second-order valence-electron chi connectivity index (χ2n) is 4.42. The number of hydrogen-bond acceptors (Lipinski definition) is 1. The van der Waals surface area contributed by atoms with Crippen LogP contribution in [-0.2, 0) is 0 Å². The van der Waals surface area contributed by atoms with Crippen molar-refractivity contribution in [3.63, 3.8) is 0 Å². The van der Waals surface area contributed by atoms with Gasteiger partial charge in [-0.3, -0.25) is 4.79 Å². The van der Waals surface area contributed by atoms with E-state index in [9.17, 15) is 9.18 Å². The molecule has 1 aromatic rings. The maximum Gasteiger partial charge on any atom is 0.252 e. The normalized spacial score (nSPS) is 11.4. The molecule has 0 unspecified atom stereocenters. The zero-order valence-corrected chi connectivity index (χ0v) is 12.6. The van der Waals surface area contributed by atoms with Gasteiger partial charge in [0, 0.05) is 10.0 Å². The van der Waals surface area contributed by atoms with Gasteiger partial charge in [-0.25, -0.2) is 4.39 Å². The van der Waals surface area contributed by atoms with Crippen LogP contribution < -0.4 is 5.32 Å². The topological polar surface area (TPSA) is 29.1 Å². The quantitative estimate of drug-likeness (QED) is 0.863.